The fraction of sp³-hybridized carbons (Fsp3) is 0.733. The zero-order chi connectivity index (χ0) is 13.0. The SMILES string of the molecule is CCC1CCN(C(c2ccco2)C(N)CC)CC1. The van der Waals surface area contributed by atoms with Crippen LogP contribution in [0.5, 0.6) is 0 Å². The molecule has 1 aromatic heterocycles. The van der Waals surface area contributed by atoms with Crippen LogP contribution in [0.2, 0.25) is 0 Å². The van der Waals surface area contributed by atoms with Crippen LogP contribution in [0.3, 0.4) is 0 Å². The number of likely N-dealkylation sites (tertiary alicyclic amines) is 1. The highest BCUT2D eigenvalue weighted by Gasteiger charge is 2.30. The standard InChI is InChI=1S/C15H26N2O/c1-3-12-7-9-17(10-8-12)15(13(16)4-2)14-6-5-11-18-14/h5-6,11-13,15H,3-4,7-10,16H2,1-2H3. The third-order valence-corrected chi connectivity index (χ3v) is 4.33. The van der Waals surface area contributed by atoms with Crippen molar-refractivity contribution in [2.45, 2.75) is 51.6 Å². The molecule has 1 aromatic rings. The number of piperidine rings is 1. The average Bonchev–Trinajstić information content (AvgIpc) is 2.93. The Morgan fingerprint density at radius 1 is 1.39 bits per heavy atom. The van der Waals surface area contributed by atoms with Crippen LogP contribution in [-0.4, -0.2) is 24.0 Å². The molecular formula is C15H26N2O. The van der Waals surface area contributed by atoms with Gasteiger partial charge in [-0.3, -0.25) is 4.90 Å². The van der Waals surface area contributed by atoms with Gasteiger partial charge in [-0.1, -0.05) is 20.3 Å². The molecule has 18 heavy (non-hydrogen) atoms. The Labute approximate surface area is 110 Å². The van der Waals surface area contributed by atoms with Crippen LogP contribution >= 0.6 is 0 Å². The molecule has 2 atom stereocenters. The molecule has 102 valence electrons. The van der Waals surface area contributed by atoms with Gasteiger partial charge < -0.3 is 10.2 Å². The summed E-state index contributed by atoms with van der Waals surface area (Å²) in [6.07, 6.45) is 6.63. The van der Waals surface area contributed by atoms with E-state index in [1.807, 2.05) is 6.07 Å². The Hall–Kier alpha value is -0.800. The fourth-order valence-electron chi connectivity index (χ4n) is 2.98. The molecular weight excluding hydrogens is 224 g/mol. The van der Waals surface area contributed by atoms with Gasteiger partial charge in [0.2, 0.25) is 0 Å². The highest BCUT2D eigenvalue weighted by molar-refractivity contribution is 5.08. The molecule has 2 unspecified atom stereocenters. The number of nitrogens with zero attached hydrogens (tertiary/aromatic N) is 1. The summed E-state index contributed by atoms with van der Waals surface area (Å²) in [5.74, 6) is 1.93. The van der Waals surface area contributed by atoms with E-state index in [0.717, 1.165) is 31.2 Å². The highest BCUT2D eigenvalue weighted by Crippen LogP contribution is 2.30. The molecule has 3 nitrogen and oxygen atoms in total. The number of nitrogens with two attached hydrogens (primary N) is 1. The van der Waals surface area contributed by atoms with Gasteiger partial charge in [0.05, 0.1) is 12.3 Å². The van der Waals surface area contributed by atoms with Gasteiger partial charge >= 0.3 is 0 Å². The van der Waals surface area contributed by atoms with Crippen LogP contribution in [0.25, 0.3) is 0 Å². The lowest BCUT2D eigenvalue weighted by Crippen LogP contribution is -2.44. The molecule has 2 rings (SSSR count). The average molecular weight is 250 g/mol. The second-order valence-electron chi connectivity index (χ2n) is 5.42. The molecule has 0 radical (unpaired) electrons. The van der Waals surface area contributed by atoms with Crippen LogP contribution in [0.4, 0.5) is 0 Å². The van der Waals surface area contributed by atoms with Crippen molar-refractivity contribution >= 4 is 0 Å². The van der Waals surface area contributed by atoms with Gasteiger partial charge in [-0.05, 0) is 50.4 Å². The van der Waals surface area contributed by atoms with E-state index in [1.54, 1.807) is 6.26 Å². The van der Waals surface area contributed by atoms with E-state index in [1.165, 1.54) is 19.3 Å². The molecule has 1 aliphatic rings. The Bertz CT molecular complexity index is 328. The quantitative estimate of drug-likeness (QED) is 0.872. The topological polar surface area (TPSA) is 42.4 Å². The normalized spacial score (nSPS) is 21.9. The highest BCUT2D eigenvalue weighted by atomic mass is 16.3. The lowest BCUT2D eigenvalue weighted by molar-refractivity contribution is 0.0990. The lowest BCUT2D eigenvalue weighted by Gasteiger charge is -2.38. The minimum atomic E-state index is 0.161. The van der Waals surface area contributed by atoms with Crippen molar-refractivity contribution in [2.75, 3.05) is 13.1 Å². The molecule has 0 aromatic carbocycles. The van der Waals surface area contributed by atoms with Crippen molar-refractivity contribution in [3.8, 4) is 0 Å². The van der Waals surface area contributed by atoms with E-state index >= 15 is 0 Å². The number of hydrogen-bond acceptors (Lipinski definition) is 3. The Kier molecular flexibility index (Phi) is 4.84. The maximum Gasteiger partial charge on any atom is 0.122 e. The lowest BCUT2D eigenvalue weighted by atomic mass is 9.91. The molecule has 0 aliphatic carbocycles. The summed E-state index contributed by atoms with van der Waals surface area (Å²) >= 11 is 0. The Balaban J connectivity index is 2.06. The minimum Gasteiger partial charge on any atom is -0.468 e. The third kappa shape index (κ3) is 2.96. The summed E-state index contributed by atoms with van der Waals surface area (Å²) in [5, 5.41) is 0. The zero-order valence-corrected chi connectivity index (χ0v) is 11.6. The smallest absolute Gasteiger partial charge is 0.122 e. The van der Waals surface area contributed by atoms with E-state index < -0.39 is 0 Å². The zero-order valence-electron chi connectivity index (χ0n) is 11.6. The van der Waals surface area contributed by atoms with Crippen molar-refractivity contribution in [1.82, 2.24) is 4.90 Å². The van der Waals surface area contributed by atoms with Gasteiger partial charge in [0.25, 0.3) is 0 Å². The van der Waals surface area contributed by atoms with Gasteiger partial charge in [0.1, 0.15) is 5.76 Å². The summed E-state index contributed by atoms with van der Waals surface area (Å²) in [6, 6.07) is 4.44. The van der Waals surface area contributed by atoms with E-state index in [0.29, 0.717) is 0 Å². The predicted molar refractivity (Wildman–Crippen MR) is 74.3 cm³/mol. The van der Waals surface area contributed by atoms with Gasteiger partial charge in [-0.15, -0.1) is 0 Å². The Morgan fingerprint density at radius 3 is 2.61 bits per heavy atom. The van der Waals surface area contributed by atoms with E-state index in [4.69, 9.17) is 10.2 Å². The van der Waals surface area contributed by atoms with Crippen LogP contribution in [0.1, 0.15) is 51.3 Å². The molecule has 1 saturated heterocycles. The molecule has 0 saturated carbocycles. The van der Waals surface area contributed by atoms with Gasteiger partial charge in [0.15, 0.2) is 0 Å². The van der Waals surface area contributed by atoms with E-state index in [2.05, 4.69) is 24.8 Å². The second kappa shape index (κ2) is 6.39. The van der Waals surface area contributed by atoms with Crippen molar-refractivity contribution in [1.29, 1.82) is 0 Å². The van der Waals surface area contributed by atoms with Crippen molar-refractivity contribution in [3.63, 3.8) is 0 Å². The first kappa shape index (κ1) is 13.6. The first-order valence-electron chi connectivity index (χ1n) is 7.29. The number of furan rings is 1. The van der Waals surface area contributed by atoms with Crippen LogP contribution in [0, 0.1) is 5.92 Å². The summed E-state index contributed by atoms with van der Waals surface area (Å²) in [4.78, 5) is 2.51. The van der Waals surface area contributed by atoms with E-state index in [-0.39, 0.29) is 12.1 Å². The van der Waals surface area contributed by atoms with Gasteiger partial charge in [0, 0.05) is 6.04 Å². The molecule has 0 spiro atoms. The summed E-state index contributed by atoms with van der Waals surface area (Å²) < 4.78 is 5.60. The summed E-state index contributed by atoms with van der Waals surface area (Å²) in [5.41, 5.74) is 6.30. The molecule has 2 N–H and O–H groups in total. The summed E-state index contributed by atoms with van der Waals surface area (Å²) in [7, 11) is 0. The van der Waals surface area contributed by atoms with Crippen molar-refractivity contribution in [3.05, 3.63) is 24.2 Å². The monoisotopic (exact) mass is 250 g/mol. The number of hydrogen-bond donors (Lipinski definition) is 1. The largest absolute Gasteiger partial charge is 0.468 e. The first-order chi connectivity index (χ1) is 8.76. The fourth-order valence-corrected chi connectivity index (χ4v) is 2.98. The molecule has 0 amide bonds. The van der Waals surface area contributed by atoms with Gasteiger partial charge in [-0.2, -0.15) is 0 Å². The van der Waals surface area contributed by atoms with Crippen molar-refractivity contribution < 1.29 is 4.42 Å². The predicted octanol–water partition coefficient (Wildman–Crippen LogP) is 3.18. The first-order valence-corrected chi connectivity index (χ1v) is 7.29. The third-order valence-electron chi connectivity index (χ3n) is 4.33. The molecule has 1 aliphatic heterocycles. The number of rotatable bonds is 5. The molecule has 3 heteroatoms. The van der Waals surface area contributed by atoms with E-state index in [9.17, 15) is 0 Å². The van der Waals surface area contributed by atoms with Crippen LogP contribution in [-0.2, 0) is 0 Å². The van der Waals surface area contributed by atoms with Crippen LogP contribution < -0.4 is 5.73 Å². The second-order valence-corrected chi connectivity index (χ2v) is 5.42. The molecule has 1 fully saturated rings. The minimum absolute atomic E-state index is 0.161. The van der Waals surface area contributed by atoms with Gasteiger partial charge in [-0.25, -0.2) is 0 Å². The maximum atomic E-state index is 6.30. The maximum absolute atomic E-state index is 6.30. The summed E-state index contributed by atoms with van der Waals surface area (Å²) in [6.45, 7) is 6.75. The molecule has 2 heterocycles. The van der Waals surface area contributed by atoms with Crippen molar-refractivity contribution in [2.24, 2.45) is 11.7 Å². The van der Waals surface area contributed by atoms with Crippen LogP contribution in [0.15, 0.2) is 22.8 Å². The Morgan fingerprint density at radius 2 is 2.11 bits per heavy atom. The molecule has 0 bridgehead atoms.